The minimum Gasteiger partial charge on any atom is -0.462 e. The Balaban J connectivity index is 1.54. The predicted octanol–water partition coefficient (Wildman–Crippen LogP) is 3.56. The monoisotopic (exact) mass is 491 g/mol. The van der Waals surface area contributed by atoms with Gasteiger partial charge in [0.05, 0.1) is 19.8 Å². The van der Waals surface area contributed by atoms with Gasteiger partial charge in [-0.15, -0.1) is 0 Å². The summed E-state index contributed by atoms with van der Waals surface area (Å²) in [5.41, 5.74) is 4.47. The molecule has 36 heavy (non-hydrogen) atoms. The van der Waals surface area contributed by atoms with Crippen LogP contribution in [-0.2, 0) is 23.8 Å². The second kappa shape index (κ2) is 13.4. The average molecular weight is 492 g/mol. The molecule has 0 spiro atoms. The molecule has 0 fully saturated rings. The zero-order chi connectivity index (χ0) is 25.9. The summed E-state index contributed by atoms with van der Waals surface area (Å²) in [5, 5.41) is 0. The van der Waals surface area contributed by atoms with E-state index in [1.165, 1.54) is 5.56 Å². The van der Waals surface area contributed by atoms with Crippen LogP contribution in [0.15, 0.2) is 65.3 Å². The number of carbonyl (C=O) groups excluding carboxylic acids is 2. The van der Waals surface area contributed by atoms with Crippen LogP contribution < -0.4 is 4.90 Å². The third-order valence-electron chi connectivity index (χ3n) is 5.58. The van der Waals surface area contributed by atoms with Crippen molar-refractivity contribution < 1.29 is 23.8 Å². The van der Waals surface area contributed by atoms with Crippen molar-refractivity contribution >= 4 is 35.6 Å². The molecule has 1 heterocycles. The highest BCUT2D eigenvalue weighted by Crippen LogP contribution is 2.20. The lowest BCUT2D eigenvalue weighted by atomic mass is 10.1. The van der Waals surface area contributed by atoms with E-state index in [4.69, 9.17) is 14.2 Å². The number of ether oxygens (including phenoxy) is 3. The molecule has 8 heteroatoms. The maximum absolute atomic E-state index is 12.7. The van der Waals surface area contributed by atoms with Gasteiger partial charge < -0.3 is 19.1 Å². The minimum absolute atomic E-state index is 0.0870. The van der Waals surface area contributed by atoms with E-state index in [0.29, 0.717) is 31.3 Å². The Morgan fingerprint density at radius 2 is 1.69 bits per heavy atom. The molecule has 0 bridgehead atoms. The molecule has 190 valence electrons. The topological polar surface area (TPSA) is 80.7 Å². The van der Waals surface area contributed by atoms with Gasteiger partial charge in [0.1, 0.15) is 24.7 Å². The summed E-state index contributed by atoms with van der Waals surface area (Å²) < 4.78 is 15.2. The lowest BCUT2D eigenvalue weighted by molar-refractivity contribution is -0.149. The van der Waals surface area contributed by atoms with Crippen molar-refractivity contribution in [1.82, 2.24) is 4.90 Å². The lowest BCUT2D eigenvalue weighted by Gasteiger charge is -2.19. The van der Waals surface area contributed by atoms with Gasteiger partial charge in [-0.2, -0.15) is 0 Å². The van der Waals surface area contributed by atoms with Crippen molar-refractivity contribution in [2.24, 2.45) is 4.99 Å². The van der Waals surface area contributed by atoms with Gasteiger partial charge in [0.2, 0.25) is 0 Å². The Hall–Kier alpha value is -3.75. The Labute approximate surface area is 212 Å². The molecule has 0 unspecified atom stereocenters. The van der Waals surface area contributed by atoms with Crippen LogP contribution >= 0.6 is 0 Å². The smallest absolute Gasteiger partial charge is 0.332 e. The van der Waals surface area contributed by atoms with Gasteiger partial charge >= 0.3 is 5.97 Å². The molecule has 0 saturated carbocycles. The van der Waals surface area contributed by atoms with E-state index in [1.807, 2.05) is 79.6 Å². The maximum atomic E-state index is 12.7. The van der Waals surface area contributed by atoms with E-state index < -0.39 is 5.97 Å². The average Bonchev–Trinajstić information content (AvgIpc) is 3.14. The number of amides is 1. The van der Waals surface area contributed by atoms with Crippen LogP contribution in [0.4, 0.5) is 5.69 Å². The largest absolute Gasteiger partial charge is 0.462 e. The van der Waals surface area contributed by atoms with Gasteiger partial charge in [0, 0.05) is 26.9 Å². The number of esters is 1. The van der Waals surface area contributed by atoms with Gasteiger partial charge in [-0.25, -0.2) is 9.79 Å². The molecule has 0 N–H and O–H groups in total. The van der Waals surface area contributed by atoms with Crippen molar-refractivity contribution in [1.29, 1.82) is 0 Å². The number of hydrogen-bond acceptors (Lipinski definition) is 7. The van der Waals surface area contributed by atoms with Gasteiger partial charge in [-0.3, -0.25) is 9.69 Å². The van der Waals surface area contributed by atoms with Crippen LogP contribution in [0.3, 0.4) is 0 Å². The highest BCUT2D eigenvalue weighted by atomic mass is 16.6. The molecule has 0 radical (unpaired) electrons. The molecular weight excluding hydrogens is 458 g/mol. The Morgan fingerprint density at radius 1 is 1.00 bits per heavy atom. The summed E-state index contributed by atoms with van der Waals surface area (Å²) >= 11 is 0. The number of amidine groups is 1. The van der Waals surface area contributed by atoms with Crippen molar-refractivity contribution in [2.75, 3.05) is 59.1 Å². The van der Waals surface area contributed by atoms with E-state index in [2.05, 4.69) is 4.99 Å². The summed E-state index contributed by atoms with van der Waals surface area (Å²) in [6, 6.07) is 15.9. The molecule has 1 aliphatic heterocycles. The number of rotatable bonds is 12. The van der Waals surface area contributed by atoms with Gasteiger partial charge in [-0.1, -0.05) is 48.0 Å². The van der Waals surface area contributed by atoms with Crippen LogP contribution in [0.25, 0.3) is 12.2 Å². The predicted molar refractivity (Wildman–Crippen MR) is 142 cm³/mol. The van der Waals surface area contributed by atoms with Crippen molar-refractivity contribution in [3.05, 3.63) is 77.0 Å². The molecule has 8 nitrogen and oxygen atoms in total. The first-order chi connectivity index (χ1) is 17.4. The molecule has 2 aromatic carbocycles. The maximum Gasteiger partial charge on any atom is 0.332 e. The Bertz CT molecular complexity index is 1120. The number of anilines is 1. The second-order valence-electron chi connectivity index (χ2n) is 8.39. The fourth-order valence-electron chi connectivity index (χ4n) is 3.36. The zero-order valence-electron chi connectivity index (χ0n) is 21.3. The molecular formula is C28H33N3O5. The van der Waals surface area contributed by atoms with Crippen molar-refractivity contribution in [3.63, 3.8) is 0 Å². The SMILES string of the molecule is COCCOCC(=O)OCCN(C)c1ccc(/C=C2N=C(/C=C/c3ccc(C)cc3)N(C)C\2=O)cc1. The van der Waals surface area contributed by atoms with Gasteiger partial charge in [0.25, 0.3) is 5.91 Å². The highest BCUT2D eigenvalue weighted by molar-refractivity contribution is 6.18. The Kier molecular flexibility index (Phi) is 9.97. The minimum atomic E-state index is -0.402. The lowest BCUT2D eigenvalue weighted by Crippen LogP contribution is -2.26. The molecule has 0 aliphatic carbocycles. The number of aliphatic imine (C=N–C) groups is 1. The zero-order valence-corrected chi connectivity index (χ0v) is 21.3. The standard InChI is InChI=1S/C28H33N3O5/c1-21-5-7-22(8-6-21)11-14-26-29-25(28(33)31(26)3)19-23-9-12-24(13-10-23)30(2)15-16-36-27(32)20-35-18-17-34-4/h5-14,19H,15-18,20H2,1-4H3/b14-11+,25-19-. The third-order valence-corrected chi connectivity index (χ3v) is 5.58. The number of nitrogens with zero attached hydrogens (tertiary/aromatic N) is 3. The number of hydrogen-bond donors (Lipinski definition) is 0. The van der Waals surface area contributed by atoms with E-state index in [9.17, 15) is 9.59 Å². The first-order valence-corrected chi connectivity index (χ1v) is 11.7. The van der Waals surface area contributed by atoms with E-state index in [1.54, 1.807) is 25.1 Å². The van der Waals surface area contributed by atoms with Crippen LogP contribution in [-0.4, -0.2) is 76.8 Å². The molecule has 2 aromatic rings. The molecule has 0 saturated heterocycles. The van der Waals surface area contributed by atoms with Gasteiger partial charge in [0.15, 0.2) is 0 Å². The van der Waals surface area contributed by atoms with E-state index in [-0.39, 0.29) is 19.1 Å². The number of carbonyl (C=O) groups is 2. The molecule has 1 aliphatic rings. The first kappa shape index (κ1) is 26.8. The molecule has 0 atom stereocenters. The number of methoxy groups -OCH3 is 1. The Morgan fingerprint density at radius 3 is 2.39 bits per heavy atom. The van der Waals surface area contributed by atoms with Crippen molar-refractivity contribution in [2.45, 2.75) is 6.92 Å². The molecule has 1 amide bonds. The van der Waals surface area contributed by atoms with Crippen LogP contribution in [0, 0.1) is 6.92 Å². The number of benzene rings is 2. The third kappa shape index (κ3) is 7.90. The number of likely N-dealkylation sites (N-methyl/N-ethyl adjacent to an activating group) is 2. The normalized spacial score (nSPS) is 14.6. The summed E-state index contributed by atoms with van der Waals surface area (Å²) in [4.78, 5) is 32.4. The summed E-state index contributed by atoms with van der Waals surface area (Å²) in [6.45, 7) is 3.54. The fraction of sp³-hybridized carbons (Fsp3) is 0.321. The number of aryl methyl sites for hydroxylation is 1. The molecule has 3 rings (SSSR count). The summed E-state index contributed by atoms with van der Waals surface area (Å²) in [7, 11) is 5.21. The van der Waals surface area contributed by atoms with Gasteiger partial charge in [-0.05, 0) is 42.3 Å². The summed E-state index contributed by atoms with van der Waals surface area (Å²) in [6.07, 6.45) is 5.57. The van der Waals surface area contributed by atoms with Crippen molar-refractivity contribution in [3.8, 4) is 0 Å². The quantitative estimate of drug-likeness (QED) is 0.257. The van der Waals surface area contributed by atoms with Crippen LogP contribution in [0.1, 0.15) is 16.7 Å². The summed E-state index contributed by atoms with van der Waals surface area (Å²) in [5.74, 6) is 0.0518. The molecule has 0 aromatic heterocycles. The van der Waals surface area contributed by atoms with E-state index in [0.717, 1.165) is 16.8 Å². The first-order valence-electron chi connectivity index (χ1n) is 11.7. The van der Waals surface area contributed by atoms with E-state index >= 15 is 0 Å². The second-order valence-corrected chi connectivity index (χ2v) is 8.39. The fourth-order valence-corrected chi connectivity index (χ4v) is 3.36. The van der Waals surface area contributed by atoms with Crippen LogP contribution in [0.2, 0.25) is 0 Å². The highest BCUT2D eigenvalue weighted by Gasteiger charge is 2.25. The van der Waals surface area contributed by atoms with Crippen LogP contribution in [0.5, 0.6) is 0 Å².